The molecule has 0 bridgehead atoms. The molecule has 0 unspecified atom stereocenters. The zero-order valence-corrected chi connectivity index (χ0v) is 26.8. The van der Waals surface area contributed by atoms with E-state index in [4.69, 9.17) is 4.74 Å². The number of ether oxygens (including phenoxy) is 1. The van der Waals surface area contributed by atoms with Crippen LogP contribution in [0, 0.1) is 19.3 Å². The predicted molar refractivity (Wildman–Crippen MR) is 171 cm³/mol. The van der Waals surface area contributed by atoms with Crippen LogP contribution in [0.5, 0.6) is 5.75 Å². The summed E-state index contributed by atoms with van der Waals surface area (Å²) in [7, 11) is 3.85. The number of ketones is 1. The van der Waals surface area contributed by atoms with Crippen LogP contribution >= 0.6 is 0 Å². The second kappa shape index (κ2) is 12.9. The summed E-state index contributed by atoms with van der Waals surface area (Å²) < 4.78 is 8.16. The predicted octanol–water partition coefficient (Wildman–Crippen LogP) is 5.88. The van der Waals surface area contributed by atoms with E-state index >= 15 is 0 Å². The minimum absolute atomic E-state index is 0.121. The van der Waals surface area contributed by atoms with E-state index in [-0.39, 0.29) is 17.8 Å². The third kappa shape index (κ3) is 6.36. The number of aryl methyl sites for hydroxylation is 3. The van der Waals surface area contributed by atoms with Crippen molar-refractivity contribution in [1.29, 1.82) is 0 Å². The van der Waals surface area contributed by atoms with E-state index in [9.17, 15) is 4.79 Å². The smallest absolute Gasteiger partial charge is 0.139 e. The van der Waals surface area contributed by atoms with Crippen LogP contribution in [0.3, 0.4) is 0 Å². The van der Waals surface area contributed by atoms with Gasteiger partial charge in [0.25, 0.3) is 0 Å². The standard InChI is InChI=1S/C35H46N6O2/c1-8-28-22-41(21-27-19-37-17-15-31(27)43-28)20-26-18-25(12-11-23(26)2)33(35(4,5)32(42)10-9-16-36-6)29-13-14-30-34(24(29)3)38-39-40(30)7/h11-15,17-19,28,33,36H,8-10,16,20-22H2,1-7H3/t28-,33+/m1/s1. The maximum absolute atomic E-state index is 13.9. The number of benzene rings is 2. The second-order valence-electron chi connectivity index (χ2n) is 12.6. The fraction of sp³-hybridized carbons (Fsp3) is 0.486. The van der Waals surface area contributed by atoms with Crippen molar-refractivity contribution in [3.8, 4) is 5.75 Å². The van der Waals surface area contributed by atoms with E-state index in [1.807, 2.05) is 26.4 Å². The van der Waals surface area contributed by atoms with Crippen molar-refractivity contribution in [2.45, 2.75) is 79.0 Å². The number of nitrogens with one attached hydrogen (secondary N) is 1. The lowest BCUT2D eigenvalue weighted by Crippen LogP contribution is -2.34. The van der Waals surface area contributed by atoms with Gasteiger partial charge in [-0.2, -0.15) is 0 Å². The molecule has 1 N–H and O–H groups in total. The number of carbonyl (C=O) groups is 1. The van der Waals surface area contributed by atoms with Gasteiger partial charge in [0, 0.05) is 62.4 Å². The Balaban J connectivity index is 1.55. The summed E-state index contributed by atoms with van der Waals surface area (Å²) in [5.41, 5.74) is 8.23. The van der Waals surface area contributed by atoms with Crippen LogP contribution in [0.15, 0.2) is 48.8 Å². The van der Waals surface area contributed by atoms with Crippen LogP contribution in [-0.2, 0) is 24.9 Å². The van der Waals surface area contributed by atoms with Gasteiger partial charge in [0.15, 0.2) is 0 Å². The first-order valence-electron chi connectivity index (χ1n) is 15.5. The van der Waals surface area contributed by atoms with Crippen molar-refractivity contribution in [3.63, 3.8) is 0 Å². The molecule has 2 aromatic heterocycles. The molecule has 5 rings (SSSR count). The number of rotatable bonds is 11. The lowest BCUT2D eigenvalue weighted by Gasteiger charge is -2.36. The van der Waals surface area contributed by atoms with Crippen molar-refractivity contribution in [2.75, 3.05) is 20.1 Å². The fourth-order valence-corrected chi connectivity index (χ4v) is 6.53. The molecule has 0 amide bonds. The largest absolute Gasteiger partial charge is 0.489 e. The summed E-state index contributed by atoms with van der Waals surface area (Å²) in [5, 5.41) is 11.9. The molecule has 1 aliphatic rings. The van der Waals surface area contributed by atoms with Crippen LogP contribution in [0.1, 0.15) is 79.3 Å². The average molecular weight is 583 g/mol. The molecule has 43 heavy (non-hydrogen) atoms. The van der Waals surface area contributed by atoms with Crippen LogP contribution < -0.4 is 10.1 Å². The molecule has 1 aliphatic heterocycles. The first-order chi connectivity index (χ1) is 20.6. The zero-order chi connectivity index (χ0) is 30.7. The van der Waals surface area contributed by atoms with Crippen LogP contribution in [0.4, 0.5) is 0 Å². The first kappa shape index (κ1) is 30.8. The van der Waals surface area contributed by atoms with E-state index in [1.165, 1.54) is 11.1 Å². The summed E-state index contributed by atoms with van der Waals surface area (Å²) in [6.45, 7) is 13.9. The van der Waals surface area contributed by atoms with Gasteiger partial charge in [-0.25, -0.2) is 4.68 Å². The Hall–Kier alpha value is -3.62. The van der Waals surface area contributed by atoms with Gasteiger partial charge in [0.05, 0.1) is 5.52 Å². The number of pyridine rings is 1. The van der Waals surface area contributed by atoms with Gasteiger partial charge in [-0.1, -0.05) is 50.3 Å². The number of carbonyl (C=O) groups excluding carboxylic acids is 1. The number of hydrogen-bond donors (Lipinski definition) is 1. The summed E-state index contributed by atoms with van der Waals surface area (Å²) in [6, 6.07) is 13.0. The molecule has 228 valence electrons. The average Bonchev–Trinajstić information content (AvgIpc) is 3.27. The minimum Gasteiger partial charge on any atom is -0.489 e. The molecule has 2 aromatic carbocycles. The lowest BCUT2D eigenvalue weighted by atomic mass is 9.67. The van der Waals surface area contributed by atoms with Crippen molar-refractivity contribution in [3.05, 3.63) is 82.2 Å². The third-order valence-electron chi connectivity index (χ3n) is 9.23. The maximum atomic E-state index is 13.9. The number of hydrogen-bond acceptors (Lipinski definition) is 7. The molecule has 0 fully saturated rings. The Bertz CT molecular complexity index is 1590. The SMILES string of the molecule is CC[C@@H]1CN(Cc2cc([C@@H](c3ccc4c(nnn4C)c3C)C(C)(C)C(=O)CCCNC)ccc2C)Cc2cnccc2O1. The van der Waals surface area contributed by atoms with Gasteiger partial charge in [0.1, 0.15) is 23.2 Å². The molecular weight excluding hydrogens is 536 g/mol. The summed E-state index contributed by atoms with van der Waals surface area (Å²) >= 11 is 0. The van der Waals surface area contributed by atoms with E-state index in [0.29, 0.717) is 6.42 Å². The van der Waals surface area contributed by atoms with Gasteiger partial charge in [-0.15, -0.1) is 5.10 Å². The van der Waals surface area contributed by atoms with E-state index < -0.39 is 5.41 Å². The zero-order valence-electron chi connectivity index (χ0n) is 26.8. The minimum atomic E-state index is -0.630. The first-order valence-corrected chi connectivity index (χ1v) is 15.5. The van der Waals surface area contributed by atoms with Crippen LogP contribution in [0.25, 0.3) is 11.0 Å². The highest BCUT2D eigenvalue weighted by molar-refractivity contribution is 5.87. The Morgan fingerprint density at radius 1 is 1.19 bits per heavy atom. The molecule has 0 aliphatic carbocycles. The molecule has 3 heterocycles. The summed E-state index contributed by atoms with van der Waals surface area (Å²) in [6.07, 6.45) is 6.14. The highest BCUT2D eigenvalue weighted by atomic mass is 16.5. The lowest BCUT2D eigenvalue weighted by molar-refractivity contribution is -0.127. The van der Waals surface area contributed by atoms with Crippen LogP contribution in [-0.4, -0.2) is 56.9 Å². The molecule has 2 atom stereocenters. The Labute approximate surface area is 255 Å². The topological polar surface area (TPSA) is 85.2 Å². The Morgan fingerprint density at radius 3 is 2.77 bits per heavy atom. The molecule has 0 radical (unpaired) electrons. The summed E-state index contributed by atoms with van der Waals surface area (Å²) in [4.78, 5) is 20.7. The Kier molecular flexibility index (Phi) is 9.28. The van der Waals surface area contributed by atoms with Gasteiger partial charge < -0.3 is 10.1 Å². The van der Waals surface area contributed by atoms with E-state index in [1.54, 1.807) is 10.9 Å². The molecule has 0 saturated carbocycles. The van der Waals surface area contributed by atoms with E-state index in [2.05, 4.69) is 90.5 Å². The number of fused-ring (bicyclic) bond motifs is 2. The maximum Gasteiger partial charge on any atom is 0.139 e. The van der Waals surface area contributed by atoms with Crippen molar-refractivity contribution in [2.24, 2.45) is 12.5 Å². The summed E-state index contributed by atoms with van der Waals surface area (Å²) in [5.74, 6) is 1.07. The van der Waals surface area contributed by atoms with E-state index in [0.717, 1.165) is 78.1 Å². The van der Waals surface area contributed by atoms with Crippen molar-refractivity contribution < 1.29 is 9.53 Å². The number of nitrogens with zero attached hydrogens (tertiary/aromatic N) is 5. The second-order valence-corrected chi connectivity index (χ2v) is 12.6. The Morgan fingerprint density at radius 2 is 2.00 bits per heavy atom. The van der Waals surface area contributed by atoms with Gasteiger partial charge in [0.2, 0.25) is 0 Å². The van der Waals surface area contributed by atoms with Gasteiger partial charge in [-0.05, 0) is 80.2 Å². The van der Waals surface area contributed by atoms with Gasteiger partial charge >= 0.3 is 0 Å². The highest BCUT2D eigenvalue weighted by Crippen LogP contribution is 2.45. The molecular formula is C35H46N6O2. The van der Waals surface area contributed by atoms with Crippen LogP contribution in [0.2, 0.25) is 0 Å². The molecule has 0 saturated heterocycles. The number of Topliss-reactive ketones (excluding diaryl/α,β-unsaturated/α-hetero) is 1. The number of aromatic nitrogens is 4. The molecule has 4 aromatic rings. The monoisotopic (exact) mass is 582 g/mol. The van der Waals surface area contributed by atoms with Crippen molar-refractivity contribution in [1.82, 2.24) is 30.2 Å². The fourth-order valence-electron chi connectivity index (χ4n) is 6.53. The molecule has 0 spiro atoms. The van der Waals surface area contributed by atoms with Gasteiger partial charge in [-0.3, -0.25) is 14.7 Å². The normalized spacial score (nSPS) is 16.5. The van der Waals surface area contributed by atoms with Crippen molar-refractivity contribution >= 4 is 16.8 Å². The molecule has 8 nitrogen and oxygen atoms in total. The quantitative estimate of drug-likeness (QED) is 0.221. The molecule has 8 heteroatoms. The third-order valence-corrected chi connectivity index (χ3v) is 9.23. The highest BCUT2D eigenvalue weighted by Gasteiger charge is 2.39.